The molecule has 5 rings (SSSR count). The van der Waals surface area contributed by atoms with Gasteiger partial charge in [-0.2, -0.15) is 13.2 Å². The predicted octanol–water partition coefficient (Wildman–Crippen LogP) is 3.33. The highest BCUT2D eigenvalue weighted by atomic mass is 19.4. The van der Waals surface area contributed by atoms with E-state index in [1.165, 1.54) is 0 Å². The van der Waals surface area contributed by atoms with Crippen molar-refractivity contribution in [1.82, 2.24) is 25.9 Å². The number of hydrazine groups is 2. The number of hydrogen-bond acceptors (Lipinski definition) is 8. The van der Waals surface area contributed by atoms with Gasteiger partial charge in [-0.25, -0.2) is 5.53 Å². The van der Waals surface area contributed by atoms with Crippen LogP contribution in [0.2, 0.25) is 0 Å². The summed E-state index contributed by atoms with van der Waals surface area (Å²) in [5, 5.41) is 9.50. The number of amidine groups is 1. The van der Waals surface area contributed by atoms with Gasteiger partial charge in [0.15, 0.2) is 5.84 Å². The topological polar surface area (TPSA) is 78.5 Å². The third-order valence-electron chi connectivity index (χ3n) is 7.76. The number of alkyl halides is 3. The van der Waals surface area contributed by atoms with E-state index in [1.54, 1.807) is 17.3 Å². The van der Waals surface area contributed by atoms with Crippen LogP contribution in [-0.2, 0) is 11.0 Å². The van der Waals surface area contributed by atoms with E-state index in [9.17, 15) is 18.0 Å². The van der Waals surface area contributed by atoms with Crippen molar-refractivity contribution in [2.45, 2.75) is 37.9 Å². The molecule has 0 radical (unpaired) electrons. The van der Waals surface area contributed by atoms with Crippen molar-refractivity contribution in [1.29, 1.82) is 0 Å². The highest BCUT2D eigenvalue weighted by molar-refractivity contribution is 5.99. The number of rotatable bonds is 8. The molecular weight excluding hydrogens is 521 g/mol. The lowest BCUT2D eigenvalue weighted by Crippen LogP contribution is -2.47. The van der Waals surface area contributed by atoms with Gasteiger partial charge >= 0.3 is 6.18 Å². The number of halogens is 3. The highest BCUT2D eigenvalue weighted by Crippen LogP contribution is 2.30. The molecule has 0 atom stereocenters. The normalized spacial score (nSPS) is 19.2. The van der Waals surface area contributed by atoms with E-state index in [4.69, 9.17) is 0 Å². The van der Waals surface area contributed by atoms with Crippen LogP contribution in [0.15, 0.2) is 53.6 Å². The Hall–Kier alpha value is -3.51. The van der Waals surface area contributed by atoms with Crippen molar-refractivity contribution in [3.8, 4) is 0 Å². The quantitative estimate of drug-likeness (QED) is 0.459. The molecule has 2 saturated heterocycles. The number of piperazine rings is 1. The molecule has 3 heterocycles. The molecule has 0 spiro atoms. The number of likely N-dealkylation sites (tertiary alicyclic amines) is 1. The van der Waals surface area contributed by atoms with Crippen LogP contribution in [-0.4, -0.2) is 85.6 Å². The fourth-order valence-electron chi connectivity index (χ4n) is 5.40. The zero-order valence-corrected chi connectivity index (χ0v) is 22.8. The first-order chi connectivity index (χ1) is 19.2. The molecule has 9 nitrogen and oxygen atoms in total. The zero-order valence-electron chi connectivity index (χ0n) is 22.8. The minimum Gasteiger partial charge on any atom is -0.382 e. The molecule has 40 heavy (non-hydrogen) atoms. The average molecular weight is 559 g/mol. The van der Waals surface area contributed by atoms with Crippen LogP contribution >= 0.6 is 0 Å². The van der Waals surface area contributed by atoms with Crippen LogP contribution in [0.5, 0.6) is 0 Å². The molecule has 216 valence electrons. The molecule has 3 aliphatic rings. The van der Waals surface area contributed by atoms with Gasteiger partial charge in [0, 0.05) is 75.7 Å². The standard InChI is InChI=1S/C28H37F3N8O/c1-36-34-27(33-35-36)21-4-8-23(9-5-21)32-24-12-15-39(16-13-24)26(40)3-2-14-37-17-19-38(20-18-37)25-10-6-22(7-11-25)28(29,30)31/h4-11,24,32,35H,2-3,12-20H2,1H3,(H,33,34). The maximum Gasteiger partial charge on any atom is 0.416 e. The zero-order chi connectivity index (χ0) is 28.1. The number of benzene rings is 2. The Labute approximate surface area is 232 Å². The SMILES string of the molecule is CN1NN=C(c2ccc(NC3CCN(C(=O)CCCN4CCN(c5ccc(C(F)(F)F)cc5)CC4)CC3)cc2)N1. The van der Waals surface area contributed by atoms with Crippen molar-refractivity contribution in [3.63, 3.8) is 0 Å². The van der Waals surface area contributed by atoms with Gasteiger partial charge in [-0.1, -0.05) is 0 Å². The summed E-state index contributed by atoms with van der Waals surface area (Å²) in [6.07, 6.45) is -1.12. The number of nitrogens with one attached hydrogen (secondary N) is 3. The Kier molecular flexibility index (Phi) is 8.65. The maximum atomic E-state index is 12.8. The van der Waals surface area contributed by atoms with Gasteiger partial charge in [-0.3, -0.25) is 15.1 Å². The van der Waals surface area contributed by atoms with Crippen LogP contribution in [0.25, 0.3) is 0 Å². The van der Waals surface area contributed by atoms with Crippen LogP contribution < -0.4 is 21.2 Å². The molecule has 3 aliphatic heterocycles. The van der Waals surface area contributed by atoms with Gasteiger partial charge in [0.05, 0.1) is 5.56 Å². The van der Waals surface area contributed by atoms with Crippen molar-refractivity contribution in [2.75, 3.05) is 63.1 Å². The molecule has 0 saturated carbocycles. The van der Waals surface area contributed by atoms with Gasteiger partial charge in [0.1, 0.15) is 0 Å². The molecule has 2 aromatic rings. The first kappa shape index (κ1) is 28.0. The van der Waals surface area contributed by atoms with E-state index >= 15 is 0 Å². The van der Waals surface area contributed by atoms with Gasteiger partial charge in [-0.15, -0.1) is 10.2 Å². The third-order valence-corrected chi connectivity index (χ3v) is 7.76. The molecule has 1 amide bonds. The number of amides is 1. The first-order valence-corrected chi connectivity index (χ1v) is 13.9. The number of hydrogen-bond donors (Lipinski definition) is 3. The van der Waals surface area contributed by atoms with E-state index < -0.39 is 11.7 Å². The fourth-order valence-corrected chi connectivity index (χ4v) is 5.40. The molecule has 0 bridgehead atoms. The number of nitrogens with zero attached hydrogens (tertiary/aromatic N) is 5. The molecule has 0 unspecified atom stereocenters. The lowest BCUT2D eigenvalue weighted by Gasteiger charge is -2.36. The second-order valence-electron chi connectivity index (χ2n) is 10.6. The van der Waals surface area contributed by atoms with Crippen molar-refractivity contribution < 1.29 is 18.0 Å². The third kappa shape index (κ3) is 7.16. The number of anilines is 2. The predicted molar refractivity (Wildman–Crippen MR) is 150 cm³/mol. The summed E-state index contributed by atoms with van der Waals surface area (Å²) in [6, 6.07) is 13.9. The molecule has 12 heteroatoms. The molecule has 3 N–H and O–H groups in total. The van der Waals surface area contributed by atoms with Gasteiger partial charge in [0.2, 0.25) is 5.91 Å². The average Bonchev–Trinajstić information content (AvgIpc) is 3.40. The second-order valence-corrected chi connectivity index (χ2v) is 10.6. The number of hydrazone groups is 1. The smallest absolute Gasteiger partial charge is 0.382 e. The Bertz CT molecular complexity index is 1160. The number of carbonyl (C=O) groups is 1. The maximum absolute atomic E-state index is 12.8. The van der Waals surface area contributed by atoms with E-state index in [2.05, 4.69) is 43.3 Å². The molecule has 0 aromatic heterocycles. The van der Waals surface area contributed by atoms with Crippen LogP contribution in [0.1, 0.15) is 36.8 Å². The Balaban J connectivity index is 0.969. The lowest BCUT2D eigenvalue weighted by atomic mass is 10.0. The largest absolute Gasteiger partial charge is 0.416 e. The summed E-state index contributed by atoms with van der Waals surface area (Å²) in [6.45, 7) is 5.59. The van der Waals surface area contributed by atoms with Gasteiger partial charge in [-0.05, 0) is 74.3 Å². The summed E-state index contributed by atoms with van der Waals surface area (Å²) in [5.41, 5.74) is 8.21. The molecule has 2 fully saturated rings. The van der Waals surface area contributed by atoms with E-state index in [0.717, 1.165) is 100.0 Å². The molecular formula is C28H37F3N8O. The first-order valence-electron chi connectivity index (χ1n) is 13.9. The summed E-state index contributed by atoms with van der Waals surface area (Å²) in [4.78, 5) is 19.2. The number of carbonyl (C=O) groups excluding carboxylic acids is 1. The minimum atomic E-state index is -4.31. The van der Waals surface area contributed by atoms with Crippen molar-refractivity contribution in [3.05, 3.63) is 59.7 Å². The Morgan fingerprint density at radius 1 is 0.975 bits per heavy atom. The van der Waals surface area contributed by atoms with E-state index in [-0.39, 0.29) is 5.91 Å². The van der Waals surface area contributed by atoms with Gasteiger partial charge < -0.3 is 15.1 Å². The number of piperidine rings is 1. The summed E-state index contributed by atoms with van der Waals surface area (Å²) < 4.78 is 38.4. The summed E-state index contributed by atoms with van der Waals surface area (Å²) in [5.74, 6) is 0.996. The lowest BCUT2D eigenvalue weighted by molar-refractivity contribution is -0.137. The van der Waals surface area contributed by atoms with Crippen molar-refractivity contribution >= 4 is 23.1 Å². The van der Waals surface area contributed by atoms with Crippen LogP contribution in [0.3, 0.4) is 0 Å². The molecule has 2 aromatic carbocycles. The van der Waals surface area contributed by atoms with Crippen molar-refractivity contribution in [2.24, 2.45) is 5.10 Å². The fraction of sp³-hybridized carbons (Fsp3) is 0.500. The van der Waals surface area contributed by atoms with E-state index in [0.29, 0.717) is 12.5 Å². The monoisotopic (exact) mass is 558 g/mol. The van der Waals surface area contributed by atoms with Crippen LogP contribution in [0.4, 0.5) is 24.5 Å². The summed E-state index contributed by atoms with van der Waals surface area (Å²) >= 11 is 0. The van der Waals surface area contributed by atoms with E-state index in [1.807, 2.05) is 24.1 Å². The van der Waals surface area contributed by atoms with Gasteiger partial charge in [0.25, 0.3) is 0 Å². The summed E-state index contributed by atoms with van der Waals surface area (Å²) in [7, 11) is 1.85. The minimum absolute atomic E-state index is 0.217. The second kappa shape index (κ2) is 12.3. The van der Waals surface area contributed by atoms with Crippen LogP contribution in [0, 0.1) is 0 Å². The molecule has 0 aliphatic carbocycles. The highest BCUT2D eigenvalue weighted by Gasteiger charge is 2.30. The Morgan fingerprint density at radius 2 is 1.65 bits per heavy atom. The Morgan fingerprint density at radius 3 is 2.25 bits per heavy atom.